The molecule has 0 aliphatic carbocycles. The number of rotatable bonds is 4. The summed E-state index contributed by atoms with van der Waals surface area (Å²) in [4.78, 5) is 11.6. The minimum Gasteiger partial charge on any atom is -0.504 e. The maximum Gasteiger partial charge on any atom is 0.349 e. The first-order chi connectivity index (χ1) is 9.04. The smallest absolute Gasteiger partial charge is 0.349 e. The average molecular weight is 261 g/mol. The molecular weight excluding hydrogens is 246 g/mol. The maximum atomic E-state index is 11.6. The van der Waals surface area contributed by atoms with Crippen molar-refractivity contribution in [3.8, 4) is 17.6 Å². The number of phenols is 1. The van der Waals surface area contributed by atoms with Crippen LogP contribution in [0.3, 0.4) is 0 Å². The van der Waals surface area contributed by atoms with Crippen molar-refractivity contribution in [3.63, 3.8) is 0 Å². The number of hydrogen-bond donors (Lipinski definition) is 1. The zero-order valence-corrected chi connectivity index (χ0v) is 11.1. The summed E-state index contributed by atoms with van der Waals surface area (Å²) >= 11 is 0. The fourth-order valence-electron chi connectivity index (χ4n) is 1.54. The van der Waals surface area contributed by atoms with Crippen molar-refractivity contribution >= 4 is 11.5 Å². The normalized spacial score (nSPS) is 11.3. The van der Waals surface area contributed by atoms with Crippen LogP contribution >= 0.6 is 0 Å². The number of nitriles is 1. The van der Waals surface area contributed by atoms with Crippen LogP contribution in [0.15, 0.2) is 23.8 Å². The molecule has 100 valence electrons. The zero-order valence-electron chi connectivity index (χ0n) is 11.1. The van der Waals surface area contributed by atoms with Gasteiger partial charge in [0.15, 0.2) is 11.5 Å². The Hall–Kier alpha value is -2.48. The first-order valence-electron chi connectivity index (χ1n) is 5.70. The molecule has 0 aliphatic heterocycles. The van der Waals surface area contributed by atoms with Crippen LogP contribution in [0.2, 0.25) is 0 Å². The number of benzene rings is 1. The largest absolute Gasteiger partial charge is 0.504 e. The van der Waals surface area contributed by atoms with Gasteiger partial charge in [0.2, 0.25) is 0 Å². The first-order valence-corrected chi connectivity index (χ1v) is 5.70. The number of aromatic hydroxyl groups is 1. The van der Waals surface area contributed by atoms with Crippen molar-refractivity contribution < 1.29 is 19.4 Å². The third-order valence-electron chi connectivity index (χ3n) is 2.58. The Morgan fingerprint density at radius 1 is 1.47 bits per heavy atom. The second-order valence-corrected chi connectivity index (χ2v) is 3.72. The highest BCUT2D eigenvalue weighted by Gasteiger charge is 2.15. The number of ether oxygens (including phenoxy) is 2. The molecule has 19 heavy (non-hydrogen) atoms. The van der Waals surface area contributed by atoms with Gasteiger partial charge in [-0.3, -0.25) is 0 Å². The number of esters is 1. The second kappa shape index (κ2) is 6.45. The summed E-state index contributed by atoms with van der Waals surface area (Å²) in [6.07, 6.45) is 0. The Morgan fingerprint density at radius 2 is 2.16 bits per heavy atom. The Kier molecular flexibility index (Phi) is 4.95. The third kappa shape index (κ3) is 3.26. The zero-order chi connectivity index (χ0) is 14.4. The highest BCUT2D eigenvalue weighted by Crippen LogP contribution is 2.30. The number of nitrogens with zero attached hydrogens (tertiary/aromatic N) is 1. The molecule has 0 saturated carbocycles. The topological polar surface area (TPSA) is 79.6 Å². The van der Waals surface area contributed by atoms with Crippen molar-refractivity contribution in [2.24, 2.45) is 0 Å². The lowest BCUT2D eigenvalue weighted by molar-refractivity contribution is -0.137. The Morgan fingerprint density at radius 3 is 2.68 bits per heavy atom. The van der Waals surface area contributed by atoms with Crippen LogP contribution in [0.4, 0.5) is 0 Å². The molecule has 0 heterocycles. The Balaban J connectivity index is 3.26. The SMILES string of the molecule is CCOC(=O)/C(C#N)=C(/C)c1ccc(O)c(OC)c1. The molecule has 1 N–H and O–H groups in total. The molecule has 1 rings (SSSR count). The fraction of sp³-hybridized carbons (Fsp3) is 0.286. The van der Waals surface area contributed by atoms with E-state index in [1.807, 2.05) is 6.07 Å². The van der Waals surface area contributed by atoms with Gasteiger partial charge in [-0.1, -0.05) is 6.07 Å². The second-order valence-electron chi connectivity index (χ2n) is 3.72. The summed E-state index contributed by atoms with van der Waals surface area (Å²) in [5.74, 6) is -0.388. The van der Waals surface area contributed by atoms with E-state index < -0.39 is 5.97 Å². The Bertz CT molecular complexity index is 555. The highest BCUT2D eigenvalue weighted by molar-refractivity contribution is 6.01. The summed E-state index contributed by atoms with van der Waals surface area (Å²) in [6, 6.07) is 6.44. The van der Waals surface area contributed by atoms with Crippen LogP contribution in [-0.4, -0.2) is 24.8 Å². The molecule has 0 fully saturated rings. The van der Waals surface area contributed by atoms with Crippen LogP contribution in [0.25, 0.3) is 5.57 Å². The quantitative estimate of drug-likeness (QED) is 0.511. The summed E-state index contributed by atoms with van der Waals surface area (Å²) in [5.41, 5.74) is 1.02. The van der Waals surface area contributed by atoms with E-state index in [-0.39, 0.29) is 23.7 Å². The van der Waals surface area contributed by atoms with Gasteiger partial charge in [0.05, 0.1) is 13.7 Å². The number of allylic oxidation sites excluding steroid dienone is 1. The van der Waals surface area contributed by atoms with Gasteiger partial charge in [-0.15, -0.1) is 0 Å². The molecule has 0 radical (unpaired) electrons. The van der Waals surface area contributed by atoms with E-state index in [0.717, 1.165) is 0 Å². The minimum absolute atomic E-state index is 0.00584. The van der Waals surface area contributed by atoms with E-state index in [4.69, 9.17) is 14.7 Å². The number of hydrogen-bond acceptors (Lipinski definition) is 5. The van der Waals surface area contributed by atoms with Crippen LogP contribution in [0, 0.1) is 11.3 Å². The average Bonchev–Trinajstić information content (AvgIpc) is 2.40. The molecule has 0 bridgehead atoms. The van der Waals surface area contributed by atoms with Gasteiger partial charge in [-0.2, -0.15) is 5.26 Å². The number of methoxy groups -OCH3 is 1. The standard InChI is InChI=1S/C14H15NO4/c1-4-19-14(17)11(8-15)9(2)10-5-6-12(16)13(7-10)18-3/h5-7,16H,4H2,1-3H3/b11-9-. The van der Waals surface area contributed by atoms with E-state index in [9.17, 15) is 9.90 Å². The molecule has 0 spiro atoms. The predicted molar refractivity (Wildman–Crippen MR) is 69.5 cm³/mol. The summed E-state index contributed by atoms with van der Waals surface area (Å²) in [6.45, 7) is 3.52. The monoisotopic (exact) mass is 261 g/mol. The van der Waals surface area contributed by atoms with Crippen LogP contribution in [0.1, 0.15) is 19.4 Å². The summed E-state index contributed by atoms with van der Waals surface area (Å²) < 4.78 is 9.80. The molecule has 1 aromatic rings. The number of phenolic OH excluding ortho intramolecular Hbond substituents is 1. The van der Waals surface area contributed by atoms with Crippen LogP contribution in [0.5, 0.6) is 11.5 Å². The lowest BCUT2D eigenvalue weighted by Gasteiger charge is -2.08. The molecule has 0 amide bonds. The van der Waals surface area contributed by atoms with E-state index in [1.165, 1.54) is 13.2 Å². The van der Waals surface area contributed by atoms with E-state index in [0.29, 0.717) is 11.1 Å². The summed E-state index contributed by atoms with van der Waals surface area (Å²) in [5, 5.41) is 18.6. The van der Waals surface area contributed by atoms with E-state index in [1.54, 1.807) is 26.0 Å². The van der Waals surface area contributed by atoms with Crippen molar-refractivity contribution in [2.75, 3.05) is 13.7 Å². The first kappa shape index (κ1) is 14.6. The van der Waals surface area contributed by atoms with Crippen molar-refractivity contribution in [3.05, 3.63) is 29.3 Å². The summed E-state index contributed by atoms with van der Waals surface area (Å²) in [7, 11) is 1.43. The molecule has 1 aromatic carbocycles. The fourth-order valence-corrected chi connectivity index (χ4v) is 1.54. The van der Waals surface area contributed by atoms with Crippen molar-refractivity contribution in [1.82, 2.24) is 0 Å². The molecule has 0 atom stereocenters. The number of carbonyl (C=O) groups is 1. The molecule has 0 saturated heterocycles. The molecule has 5 heteroatoms. The number of carbonyl (C=O) groups excluding carboxylic acids is 1. The van der Waals surface area contributed by atoms with E-state index in [2.05, 4.69) is 0 Å². The predicted octanol–water partition coefficient (Wildman–Crippen LogP) is 2.26. The van der Waals surface area contributed by atoms with Crippen molar-refractivity contribution in [1.29, 1.82) is 5.26 Å². The lowest BCUT2D eigenvalue weighted by atomic mass is 10.0. The van der Waals surface area contributed by atoms with Crippen LogP contribution < -0.4 is 4.74 Å². The Labute approximate surface area is 111 Å². The van der Waals surface area contributed by atoms with E-state index >= 15 is 0 Å². The molecule has 0 aliphatic rings. The third-order valence-corrected chi connectivity index (χ3v) is 2.58. The van der Waals surface area contributed by atoms with Gasteiger partial charge in [0, 0.05) is 0 Å². The highest BCUT2D eigenvalue weighted by atomic mass is 16.5. The van der Waals surface area contributed by atoms with Gasteiger partial charge < -0.3 is 14.6 Å². The lowest BCUT2D eigenvalue weighted by Crippen LogP contribution is -2.08. The van der Waals surface area contributed by atoms with Crippen molar-refractivity contribution in [2.45, 2.75) is 13.8 Å². The molecule has 0 unspecified atom stereocenters. The molecule has 5 nitrogen and oxygen atoms in total. The molecule has 0 aromatic heterocycles. The van der Waals surface area contributed by atoms with Gasteiger partial charge >= 0.3 is 5.97 Å². The maximum absolute atomic E-state index is 11.6. The van der Waals surface area contributed by atoms with Crippen LogP contribution in [-0.2, 0) is 9.53 Å². The minimum atomic E-state index is -0.658. The van der Waals surface area contributed by atoms with Gasteiger partial charge in [-0.05, 0) is 37.1 Å². The van der Waals surface area contributed by atoms with Gasteiger partial charge in [0.1, 0.15) is 11.6 Å². The van der Waals surface area contributed by atoms with Gasteiger partial charge in [-0.25, -0.2) is 4.79 Å². The van der Waals surface area contributed by atoms with Gasteiger partial charge in [0.25, 0.3) is 0 Å². The molecular formula is C14H15NO4.